The number of hydrogen-bond acceptors (Lipinski definition) is 4. The number of carbonyl (C=O) groups excluding carboxylic acids is 2. The fraction of sp³-hybridized carbons (Fsp3) is 0.846. The van der Waals surface area contributed by atoms with Crippen LogP contribution < -0.4 is 0 Å². The highest BCUT2D eigenvalue weighted by molar-refractivity contribution is 5.68. The largest absolute Gasteiger partial charge is 0.466 e. The first-order valence-corrected chi connectivity index (χ1v) is 6.39. The maximum Gasteiger partial charge on any atom is 0.410 e. The molecule has 5 nitrogen and oxygen atoms in total. The summed E-state index contributed by atoms with van der Waals surface area (Å²) in [6, 6.07) is 0. The smallest absolute Gasteiger partial charge is 0.410 e. The Balaban J connectivity index is 2.43. The Morgan fingerprint density at radius 2 is 2.00 bits per heavy atom. The lowest BCUT2D eigenvalue weighted by molar-refractivity contribution is -0.142. The molecule has 0 radical (unpaired) electrons. The number of carbonyl (C=O) groups is 2. The minimum atomic E-state index is -0.472. The molecular formula is C13H23NO4. The maximum atomic E-state index is 11.9. The Kier molecular flexibility index (Phi) is 4.99. The predicted octanol–water partition coefficient (Wildman–Crippen LogP) is 2.20. The highest BCUT2D eigenvalue weighted by atomic mass is 16.6. The summed E-state index contributed by atoms with van der Waals surface area (Å²) in [7, 11) is 0. The van der Waals surface area contributed by atoms with Crippen molar-refractivity contribution >= 4 is 12.1 Å². The van der Waals surface area contributed by atoms with Crippen molar-refractivity contribution in [2.45, 2.75) is 46.1 Å². The predicted molar refractivity (Wildman–Crippen MR) is 67.2 cm³/mol. The van der Waals surface area contributed by atoms with Gasteiger partial charge in [0.2, 0.25) is 0 Å². The molecule has 1 amide bonds. The Bertz CT molecular complexity index is 309. The molecule has 104 valence electrons. The van der Waals surface area contributed by atoms with E-state index in [1.54, 1.807) is 4.90 Å². The van der Waals surface area contributed by atoms with E-state index in [9.17, 15) is 9.59 Å². The Labute approximate surface area is 108 Å². The van der Waals surface area contributed by atoms with Gasteiger partial charge in [0.25, 0.3) is 0 Å². The van der Waals surface area contributed by atoms with Gasteiger partial charge in [0.15, 0.2) is 0 Å². The van der Waals surface area contributed by atoms with Gasteiger partial charge in [-0.1, -0.05) is 0 Å². The van der Waals surface area contributed by atoms with Crippen LogP contribution in [0.4, 0.5) is 4.79 Å². The van der Waals surface area contributed by atoms with Crippen LogP contribution in [0.5, 0.6) is 0 Å². The van der Waals surface area contributed by atoms with Gasteiger partial charge < -0.3 is 14.4 Å². The first-order valence-electron chi connectivity index (χ1n) is 6.39. The zero-order valence-electron chi connectivity index (χ0n) is 11.7. The van der Waals surface area contributed by atoms with Crippen molar-refractivity contribution in [1.82, 2.24) is 4.90 Å². The van der Waals surface area contributed by atoms with Crippen LogP contribution >= 0.6 is 0 Å². The molecule has 0 spiro atoms. The molecule has 0 saturated carbocycles. The second-order valence-corrected chi connectivity index (χ2v) is 5.74. The SMILES string of the molecule is CC(=O)OC[C@@H]1CCCN(C(=O)OC(C)(C)C)C1. The fourth-order valence-corrected chi connectivity index (χ4v) is 1.93. The van der Waals surface area contributed by atoms with Gasteiger partial charge in [-0.2, -0.15) is 0 Å². The highest BCUT2D eigenvalue weighted by Crippen LogP contribution is 2.19. The number of esters is 1. The third-order valence-electron chi connectivity index (χ3n) is 2.69. The summed E-state index contributed by atoms with van der Waals surface area (Å²) < 4.78 is 10.3. The van der Waals surface area contributed by atoms with Crippen LogP contribution in [-0.2, 0) is 14.3 Å². The zero-order chi connectivity index (χ0) is 13.8. The summed E-state index contributed by atoms with van der Waals surface area (Å²) in [4.78, 5) is 24.4. The van der Waals surface area contributed by atoms with Crippen molar-refractivity contribution in [3.8, 4) is 0 Å². The molecule has 1 rings (SSSR count). The van der Waals surface area contributed by atoms with Crippen LogP contribution in [0.25, 0.3) is 0 Å². The van der Waals surface area contributed by atoms with Gasteiger partial charge in [0, 0.05) is 25.9 Å². The Morgan fingerprint density at radius 3 is 2.56 bits per heavy atom. The average Bonchev–Trinajstić information content (AvgIpc) is 2.24. The summed E-state index contributed by atoms with van der Waals surface area (Å²) >= 11 is 0. The van der Waals surface area contributed by atoms with Crippen LogP contribution in [0.1, 0.15) is 40.5 Å². The molecule has 5 heteroatoms. The maximum absolute atomic E-state index is 11.9. The Hall–Kier alpha value is -1.26. The lowest BCUT2D eigenvalue weighted by Crippen LogP contribution is -2.43. The second kappa shape index (κ2) is 6.07. The lowest BCUT2D eigenvalue weighted by atomic mass is 9.99. The number of ether oxygens (including phenoxy) is 2. The number of likely N-dealkylation sites (tertiary alicyclic amines) is 1. The molecule has 0 aromatic rings. The quantitative estimate of drug-likeness (QED) is 0.712. The summed E-state index contributed by atoms with van der Waals surface area (Å²) in [5.74, 6) is -0.0560. The third-order valence-corrected chi connectivity index (χ3v) is 2.69. The molecule has 0 unspecified atom stereocenters. The molecule has 18 heavy (non-hydrogen) atoms. The van der Waals surface area contributed by atoms with Crippen molar-refractivity contribution in [3.63, 3.8) is 0 Å². The molecule has 0 aliphatic carbocycles. The summed E-state index contributed by atoms with van der Waals surface area (Å²) in [6.45, 7) is 8.65. The van der Waals surface area contributed by atoms with E-state index in [0.29, 0.717) is 19.7 Å². The van der Waals surface area contributed by atoms with Gasteiger partial charge >= 0.3 is 12.1 Å². The van der Waals surface area contributed by atoms with Crippen LogP contribution in [0, 0.1) is 5.92 Å². The van der Waals surface area contributed by atoms with Crippen LogP contribution in [0.2, 0.25) is 0 Å². The van der Waals surface area contributed by atoms with Crippen LogP contribution in [-0.4, -0.2) is 42.3 Å². The van der Waals surface area contributed by atoms with E-state index in [1.165, 1.54) is 6.92 Å². The van der Waals surface area contributed by atoms with Crippen molar-refractivity contribution < 1.29 is 19.1 Å². The van der Waals surface area contributed by atoms with E-state index >= 15 is 0 Å². The van der Waals surface area contributed by atoms with Gasteiger partial charge in [0.05, 0.1) is 6.61 Å². The van der Waals surface area contributed by atoms with Crippen LogP contribution in [0.3, 0.4) is 0 Å². The summed E-state index contributed by atoms with van der Waals surface area (Å²) in [5.41, 5.74) is -0.472. The average molecular weight is 257 g/mol. The molecule has 1 aliphatic heterocycles. The van der Waals surface area contributed by atoms with E-state index in [-0.39, 0.29) is 18.0 Å². The number of hydrogen-bond donors (Lipinski definition) is 0. The van der Waals surface area contributed by atoms with Gasteiger partial charge in [0.1, 0.15) is 5.60 Å². The second-order valence-electron chi connectivity index (χ2n) is 5.74. The number of piperidine rings is 1. The summed E-state index contributed by atoms with van der Waals surface area (Å²) in [6.07, 6.45) is 1.62. The molecule has 1 aliphatic rings. The first kappa shape index (κ1) is 14.8. The van der Waals surface area contributed by atoms with E-state index in [0.717, 1.165) is 12.8 Å². The van der Waals surface area contributed by atoms with Gasteiger partial charge in [-0.3, -0.25) is 4.79 Å². The number of amides is 1. The molecule has 1 atom stereocenters. The molecule has 1 fully saturated rings. The van der Waals surface area contributed by atoms with Crippen molar-refractivity contribution in [3.05, 3.63) is 0 Å². The Morgan fingerprint density at radius 1 is 1.33 bits per heavy atom. The van der Waals surface area contributed by atoms with Crippen LogP contribution in [0.15, 0.2) is 0 Å². The standard InChI is InChI=1S/C13H23NO4/c1-10(15)17-9-11-6-5-7-14(8-11)12(16)18-13(2,3)4/h11H,5-9H2,1-4H3/t11-/m1/s1. The minimum Gasteiger partial charge on any atom is -0.466 e. The normalized spacial score (nSPS) is 20.4. The number of nitrogens with zero attached hydrogens (tertiary/aromatic N) is 1. The van der Waals surface area contributed by atoms with Gasteiger partial charge in [-0.05, 0) is 33.6 Å². The molecule has 0 aromatic carbocycles. The third kappa shape index (κ3) is 5.38. The summed E-state index contributed by atoms with van der Waals surface area (Å²) in [5, 5.41) is 0. The van der Waals surface area contributed by atoms with Crippen molar-refractivity contribution in [1.29, 1.82) is 0 Å². The van der Waals surface area contributed by atoms with Gasteiger partial charge in [-0.25, -0.2) is 4.79 Å². The van der Waals surface area contributed by atoms with E-state index < -0.39 is 5.60 Å². The van der Waals surface area contributed by atoms with Crippen molar-refractivity contribution in [2.75, 3.05) is 19.7 Å². The minimum absolute atomic E-state index is 0.218. The molecular weight excluding hydrogens is 234 g/mol. The molecule has 1 heterocycles. The monoisotopic (exact) mass is 257 g/mol. The number of rotatable bonds is 2. The van der Waals surface area contributed by atoms with E-state index in [4.69, 9.17) is 9.47 Å². The fourth-order valence-electron chi connectivity index (χ4n) is 1.93. The van der Waals surface area contributed by atoms with Crippen molar-refractivity contribution in [2.24, 2.45) is 5.92 Å². The topological polar surface area (TPSA) is 55.8 Å². The van der Waals surface area contributed by atoms with Gasteiger partial charge in [-0.15, -0.1) is 0 Å². The van der Waals surface area contributed by atoms with E-state index in [1.807, 2.05) is 20.8 Å². The molecule has 0 aromatic heterocycles. The highest BCUT2D eigenvalue weighted by Gasteiger charge is 2.27. The molecule has 0 N–H and O–H groups in total. The molecule has 1 saturated heterocycles. The molecule has 0 bridgehead atoms. The first-order chi connectivity index (χ1) is 8.28. The lowest BCUT2D eigenvalue weighted by Gasteiger charge is -2.33. The van der Waals surface area contributed by atoms with E-state index in [2.05, 4.69) is 0 Å². The zero-order valence-corrected chi connectivity index (χ0v) is 11.7.